The van der Waals surface area contributed by atoms with Crippen molar-refractivity contribution in [2.45, 2.75) is 6.42 Å². The highest BCUT2D eigenvalue weighted by molar-refractivity contribution is 5.99. The maximum absolute atomic E-state index is 12.9. The second-order valence-electron chi connectivity index (χ2n) is 11.9. The van der Waals surface area contributed by atoms with E-state index in [1.807, 2.05) is 0 Å². The van der Waals surface area contributed by atoms with Crippen LogP contribution >= 0.6 is 0 Å². The summed E-state index contributed by atoms with van der Waals surface area (Å²) in [5.74, 6) is -2.38. The van der Waals surface area contributed by atoms with Gasteiger partial charge in [-0.3, -0.25) is 19.2 Å². The number of azo groups is 2. The number of hydrogen-bond donors (Lipinski definition) is 8. The number of aromatic nitrogens is 2. The Bertz CT molecular complexity index is 2390. The van der Waals surface area contributed by atoms with Crippen LogP contribution < -0.4 is 53.7 Å². The van der Waals surface area contributed by atoms with Crippen LogP contribution in [0.5, 0.6) is 11.5 Å². The SMILES string of the molecule is NCCC(=O)Nc1ccc(/N=N/c2ccccc2OC(=O)CNc2ccc(OC(=O)CN)c(/N=N/c3ccc(NC(=O)CNC(=O)c4ccccc4)nc3N)c2)c(N)n1. The van der Waals surface area contributed by atoms with Gasteiger partial charge in [0, 0.05) is 24.2 Å². The molecule has 12 N–H and O–H groups in total. The third-order valence-corrected chi connectivity index (χ3v) is 7.56. The number of nitrogen functional groups attached to an aromatic ring is 2. The highest BCUT2D eigenvalue weighted by Crippen LogP contribution is 2.34. The molecular formula is C38H38N14O7. The van der Waals surface area contributed by atoms with Crippen molar-refractivity contribution >= 4 is 81.4 Å². The number of pyridine rings is 2. The number of carbonyl (C=O) groups is 5. The van der Waals surface area contributed by atoms with Crippen LogP contribution in [0, 0.1) is 0 Å². The molecule has 59 heavy (non-hydrogen) atoms. The zero-order valence-electron chi connectivity index (χ0n) is 31.1. The molecule has 0 unspecified atom stereocenters. The lowest BCUT2D eigenvalue weighted by molar-refractivity contribution is -0.133. The van der Waals surface area contributed by atoms with Crippen molar-refractivity contribution in [1.82, 2.24) is 15.3 Å². The van der Waals surface area contributed by atoms with E-state index in [-0.39, 0.29) is 89.5 Å². The van der Waals surface area contributed by atoms with Crippen molar-refractivity contribution in [1.29, 1.82) is 0 Å². The van der Waals surface area contributed by atoms with Crippen molar-refractivity contribution in [3.63, 3.8) is 0 Å². The van der Waals surface area contributed by atoms with Gasteiger partial charge in [0.1, 0.15) is 40.9 Å². The van der Waals surface area contributed by atoms with Gasteiger partial charge < -0.3 is 53.7 Å². The van der Waals surface area contributed by atoms with Gasteiger partial charge in [-0.1, -0.05) is 30.3 Å². The van der Waals surface area contributed by atoms with Crippen LogP contribution in [0.4, 0.5) is 51.7 Å². The number of hydrogen-bond acceptors (Lipinski definition) is 18. The van der Waals surface area contributed by atoms with E-state index in [0.717, 1.165) is 0 Å². The molecule has 0 bridgehead atoms. The predicted octanol–water partition coefficient (Wildman–Crippen LogP) is 4.01. The number of amides is 3. The van der Waals surface area contributed by atoms with Gasteiger partial charge in [0.2, 0.25) is 11.8 Å². The van der Waals surface area contributed by atoms with E-state index < -0.39 is 30.3 Å². The van der Waals surface area contributed by atoms with Crippen LogP contribution in [0.25, 0.3) is 0 Å². The number of nitrogens with zero attached hydrogens (tertiary/aromatic N) is 6. The fraction of sp³-hybridized carbons (Fsp3) is 0.132. The number of benzene rings is 3. The summed E-state index contributed by atoms with van der Waals surface area (Å²) in [4.78, 5) is 69.6. The summed E-state index contributed by atoms with van der Waals surface area (Å²) < 4.78 is 10.8. The minimum Gasteiger partial charge on any atom is -0.423 e. The fourth-order valence-corrected chi connectivity index (χ4v) is 4.75. The molecule has 0 spiro atoms. The first-order chi connectivity index (χ1) is 28.5. The molecule has 21 nitrogen and oxygen atoms in total. The second-order valence-corrected chi connectivity index (χ2v) is 11.9. The minimum absolute atomic E-state index is 0.00313. The molecule has 0 aliphatic heterocycles. The number of rotatable bonds is 17. The van der Waals surface area contributed by atoms with Gasteiger partial charge in [0.05, 0.1) is 13.1 Å². The third-order valence-electron chi connectivity index (χ3n) is 7.56. The van der Waals surface area contributed by atoms with Crippen LogP contribution in [0.1, 0.15) is 16.8 Å². The zero-order chi connectivity index (χ0) is 42.1. The Morgan fingerprint density at radius 2 is 1.17 bits per heavy atom. The monoisotopic (exact) mass is 802 g/mol. The molecule has 21 heteroatoms. The van der Waals surface area contributed by atoms with Crippen LogP contribution in [0.15, 0.2) is 118 Å². The summed E-state index contributed by atoms with van der Waals surface area (Å²) in [5, 5.41) is 27.1. The van der Waals surface area contributed by atoms with Gasteiger partial charge in [-0.25, -0.2) is 14.8 Å². The quantitative estimate of drug-likeness (QED) is 0.0374. The molecule has 2 heterocycles. The lowest BCUT2D eigenvalue weighted by atomic mass is 10.2. The molecule has 0 radical (unpaired) electrons. The summed E-state index contributed by atoms with van der Waals surface area (Å²) in [6.45, 7) is -0.858. The molecule has 0 saturated heterocycles. The van der Waals surface area contributed by atoms with Gasteiger partial charge in [-0.15, -0.1) is 20.5 Å². The molecule has 0 atom stereocenters. The number of para-hydroxylation sites is 1. The van der Waals surface area contributed by atoms with Gasteiger partial charge in [0.15, 0.2) is 23.1 Å². The summed E-state index contributed by atoms with van der Waals surface area (Å²) in [7, 11) is 0. The highest BCUT2D eigenvalue weighted by atomic mass is 16.5. The number of nitrogens with two attached hydrogens (primary N) is 4. The first-order valence-corrected chi connectivity index (χ1v) is 17.6. The summed E-state index contributed by atoms with van der Waals surface area (Å²) in [5.41, 5.74) is 24.3. The minimum atomic E-state index is -0.745. The Kier molecular flexibility index (Phi) is 14.7. The lowest BCUT2D eigenvalue weighted by Gasteiger charge is -2.11. The largest absolute Gasteiger partial charge is 0.423 e. The molecule has 3 aromatic carbocycles. The Morgan fingerprint density at radius 3 is 1.81 bits per heavy atom. The summed E-state index contributed by atoms with van der Waals surface area (Å²) >= 11 is 0. The van der Waals surface area contributed by atoms with E-state index in [9.17, 15) is 24.0 Å². The smallest absolute Gasteiger partial charge is 0.330 e. The molecule has 0 fully saturated rings. The predicted molar refractivity (Wildman–Crippen MR) is 217 cm³/mol. The molecule has 3 amide bonds. The van der Waals surface area contributed by atoms with Gasteiger partial charge >= 0.3 is 11.9 Å². The second kappa shape index (κ2) is 20.7. The fourth-order valence-electron chi connectivity index (χ4n) is 4.75. The first kappa shape index (κ1) is 42.0. The maximum atomic E-state index is 12.9. The normalized spacial score (nSPS) is 10.9. The molecule has 302 valence electrons. The Labute approximate surface area is 335 Å². The van der Waals surface area contributed by atoms with E-state index in [2.05, 4.69) is 51.7 Å². The average Bonchev–Trinajstić information content (AvgIpc) is 3.23. The van der Waals surface area contributed by atoms with E-state index in [1.165, 1.54) is 48.5 Å². The van der Waals surface area contributed by atoms with E-state index in [1.54, 1.807) is 48.5 Å². The van der Waals surface area contributed by atoms with Crippen LogP contribution in [-0.2, 0) is 19.2 Å². The lowest BCUT2D eigenvalue weighted by Crippen LogP contribution is -2.33. The average molecular weight is 803 g/mol. The molecule has 0 aliphatic rings. The summed E-state index contributed by atoms with van der Waals surface area (Å²) in [6, 6.07) is 25.1. The number of carbonyl (C=O) groups excluding carboxylic acids is 5. The topological polar surface area (TPSA) is 331 Å². The summed E-state index contributed by atoms with van der Waals surface area (Å²) in [6.07, 6.45) is 0.122. The molecular weight excluding hydrogens is 765 g/mol. The van der Waals surface area contributed by atoms with Gasteiger partial charge in [0.25, 0.3) is 5.91 Å². The van der Waals surface area contributed by atoms with Crippen molar-refractivity contribution in [2.75, 3.05) is 53.6 Å². The van der Waals surface area contributed by atoms with Crippen LogP contribution in [0.3, 0.4) is 0 Å². The first-order valence-electron chi connectivity index (χ1n) is 17.6. The number of esters is 2. The van der Waals surface area contributed by atoms with Crippen LogP contribution in [-0.4, -0.2) is 65.8 Å². The number of anilines is 5. The van der Waals surface area contributed by atoms with E-state index >= 15 is 0 Å². The molecule has 2 aromatic heterocycles. The maximum Gasteiger partial charge on any atom is 0.330 e. The molecule has 0 saturated carbocycles. The van der Waals surface area contributed by atoms with Crippen molar-refractivity contribution in [3.05, 3.63) is 103 Å². The van der Waals surface area contributed by atoms with Gasteiger partial charge in [-0.05, 0) is 66.7 Å². The Morgan fingerprint density at radius 1 is 0.593 bits per heavy atom. The van der Waals surface area contributed by atoms with Crippen molar-refractivity contribution in [3.8, 4) is 11.5 Å². The van der Waals surface area contributed by atoms with Crippen molar-refractivity contribution < 1.29 is 33.4 Å². The Balaban J connectivity index is 1.21. The number of ether oxygens (including phenoxy) is 2. The van der Waals surface area contributed by atoms with Gasteiger partial charge in [-0.2, -0.15) is 0 Å². The van der Waals surface area contributed by atoms with Crippen LogP contribution in [0.2, 0.25) is 0 Å². The zero-order valence-corrected chi connectivity index (χ0v) is 31.1. The van der Waals surface area contributed by atoms with E-state index in [4.69, 9.17) is 32.4 Å². The van der Waals surface area contributed by atoms with Crippen molar-refractivity contribution in [2.24, 2.45) is 31.9 Å². The molecule has 0 aliphatic carbocycles. The highest BCUT2D eigenvalue weighted by Gasteiger charge is 2.14. The number of nitrogens with one attached hydrogen (secondary N) is 4. The molecule has 5 aromatic rings. The third kappa shape index (κ3) is 12.7. The molecule has 5 rings (SSSR count). The standard InChI is InChI=1S/C38H38N14O7/c39-17-16-32(53)45-30-14-11-25(36(41)47-30)50-49-24-8-4-5-9-28(24)59-35(56)21-43-23-10-13-29(58-34(55)19-40)27(18-23)52-51-26-12-15-31(48-37(26)42)46-33(54)20-44-38(57)22-6-2-1-3-7-22/h1-15,18,43H,16-17,19-21,39-40H2,(H,44,57)(H3,41,45,47,53)(H3,42,46,48,54)/b50-49+,52-51+. The van der Waals surface area contributed by atoms with E-state index in [0.29, 0.717) is 11.3 Å². The Hall–Kier alpha value is -8.17.